The van der Waals surface area contributed by atoms with E-state index in [2.05, 4.69) is 29.8 Å². The maximum atomic E-state index is 11.5. The van der Waals surface area contributed by atoms with E-state index >= 15 is 0 Å². The van der Waals surface area contributed by atoms with Crippen LogP contribution in [0.3, 0.4) is 0 Å². The summed E-state index contributed by atoms with van der Waals surface area (Å²) < 4.78 is 25.4. The van der Waals surface area contributed by atoms with E-state index in [4.69, 9.17) is 10.5 Å². The number of esters is 1. The summed E-state index contributed by atoms with van der Waals surface area (Å²) in [6, 6.07) is 0. The molecular weight excluding hydrogens is 489 g/mol. The maximum absolute atomic E-state index is 11.5. The molecule has 0 bridgehead atoms. The number of rotatable bonds is 27. The quantitative estimate of drug-likeness (QED) is 0.0596. The van der Waals surface area contributed by atoms with Crippen LogP contribution in [0.5, 0.6) is 0 Å². The fourth-order valence-electron chi connectivity index (χ4n) is 3.90. The summed E-state index contributed by atoms with van der Waals surface area (Å²) in [6.07, 6.45) is 27.1. The predicted octanol–water partition coefficient (Wildman–Crippen LogP) is 8.86. The first-order valence-corrected chi connectivity index (χ1v) is 16.9. The van der Waals surface area contributed by atoms with E-state index in [1.54, 1.807) is 0 Å². The van der Waals surface area contributed by atoms with Crippen LogP contribution in [0.1, 0.15) is 156 Å². The number of hydrogen-bond acceptors (Lipinski definition) is 6. The molecule has 0 amide bonds. The largest absolute Gasteiger partial charge is 0.472 e. The summed E-state index contributed by atoms with van der Waals surface area (Å²) >= 11 is 0. The molecule has 0 saturated heterocycles. The van der Waals surface area contributed by atoms with Crippen molar-refractivity contribution in [1.29, 1.82) is 0 Å². The van der Waals surface area contributed by atoms with Crippen molar-refractivity contribution >= 4 is 13.8 Å². The first-order valence-electron chi connectivity index (χ1n) is 15.4. The van der Waals surface area contributed by atoms with Gasteiger partial charge in [0.1, 0.15) is 6.61 Å². The Morgan fingerprint density at radius 1 is 0.595 bits per heavy atom. The lowest BCUT2D eigenvalue weighted by Gasteiger charge is -2.11. The Labute approximate surface area is 229 Å². The molecule has 0 heterocycles. The average molecular weight is 552 g/mol. The SMILES string of the molecule is CCCCCCCCCCC(=O)OCCOP(=O)(O)OCCN.CCCCCCCCCCCCCC. The Morgan fingerprint density at radius 2 is 0.946 bits per heavy atom. The second kappa shape index (κ2) is 31.8. The molecule has 0 aliphatic rings. The number of hydrogen-bond donors (Lipinski definition) is 2. The van der Waals surface area contributed by atoms with Crippen LogP contribution in [-0.4, -0.2) is 37.2 Å². The van der Waals surface area contributed by atoms with Crippen LogP contribution in [0.4, 0.5) is 0 Å². The molecule has 3 N–H and O–H groups in total. The smallest absolute Gasteiger partial charge is 0.463 e. The number of ether oxygens (including phenoxy) is 1. The fourth-order valence-corrected chi connectivity index (χ4v) is 4.62. The van der Waals surface area contributed by atoms with Crippen LogP contribution in [0.25, 0.3) is 0 Å². The topological polar surface area (TPSA) is 108 Å². The number of phosphoric ester groups is 1. The van der Waals surface area contributed by atoms with Crippen molar-refractivity contribution in [1.82, 2.24) is 0 Å². The lowest BCUT2D eigenvalue weighted by atomic mass is 10.1. The molecule has 224 valence electrons. The zero-order chi connectivity index (χ0) is 27.9. The molecular formula is C29H62NO6P. The van der Waals surface area contributed by atoms with Crippen LogP contribution in [0.2, 0.25) is 0 Å². The summed E-state index contributed by atoms with van der Waals surface area (Å²) in [4.78, 5) is 20.7. The molecule has 1 unspecified atom stereocenters. The van der Waals surface area contributed by atoms with Crippen molar-refractivity contribution in [3.8, 4) is 0 Å². The van der Waals surface area contributed by atoms with E-state index in [1.807, 2.05) is 0 Å². The van der Waals surface area contributed by atoms with E-state index in [0.29, 0.717) is 6.42 Å². The predicted molar refractivity (Wildman–Crippen MR) is 156 cm³/mol. The summed E-state index contributed by atoms with van der Waals surface area (Å²) in [5.74, 6) is -0.310. The highest BCUT2D eigenvalue weighted by Crippen LogP contribution is 2.42. The van der Waals surface area contributed by atoms with Gasteiger partial charge in [0.05, 0.1) is 13.2 Å². The van der Waals surface area contributed by atoms with Gasteiger partial charge in [0.2, 0.25) is 0 Å². The van der Waals surface area contributed by atoms with Crippen LogP contribution in [-0.2, 0) is 23.1 Å². The minimum Gasteiger partial charge on any atom is -0.463 e. The van der Waals surface area contributed by atoms with Crippen LogP contribution in [0.15, 0.2) is 0 Å². The Hall–Kier alpha value is -0.460. The van der Waals surface area contributed by atoms with Crippen LogP contribution >= 0.6 is 7.82 Å². The van der Waals surface area contributed by atoms with Gasteiger partial charge in [-0.15, -0.1) is 0 Å². The number of nitrogens with two attached hydrogens (primary N) is 1. The molecule has 0 fully saturated rings. The van der Waals surface area contributed by atoms with Gasteiger partial charge in [-0.1, -0.05) is 143 Å². The van der Waals surface area contributed by atoms with Crippen molar-refractivity contribution in [2.45, 2.75) is 156 Å². The zero-order valence-electron chi connectivity index (χ0n) is 24.7. The number of unbranched alkanes of at least 4 members (excludes halogenated alkanes) is 18. The summed E-state index contributed by atoms with van der Waals surface area (Å²) in [6.45, 7) is 6.59. The Bertz CT molecular complexity index is 495. The third-order valence-electron chi connectivity index (χ3n) is 6.16. The first kappa shape index (κ1) is 38.7. The van der Waals surface area contributed by atoms with E-state index in [0.717, 1.165) is 19.3 Å². The molecule has 0 aliphatic heterocycles. The number of carbonyl (C=O) groups excluding carboxylic acids is 1. The average Bonchev–Trinajstić information content (AvgIpc) is 2.88. The third-order valence-corrected chi connectivity index (χ3v) is 7.18. The summed E-state index contributed by atoms with van der Waals surface area (Å²) in [5, 5.41) is 0. The van der Waals surface area contributed by atoms with Gasteiger partial charge in [-0.25, -0.2) is 4.57 Å². The molecule has 0 aliphatic carbocycles. The molecule has 0 aromatic heterocycles. The first-order chi connectivity index (χ1) is 17.9. The molecule has 7 nitrogen and oxygen atoms in total. The van der Waals surface area contributed by atoms with E-state index < -0.39 is 7.82 Å². The van der Waals surface area contributed by atoms with Gasteiger partial charge < -0.3 is 15.4 Å². The second-order valence-corrected chi connectivity index (χ2v) is 11.4. The van der Waals surface area contributed by atoms with Gasteiger partial charge in [-0.2, -0.15) is 0 Å². The summed E-state index contributed by atoms with van der Waals surface area (Å²) in [5.41, 5.74) is 5.15. The minimum atomic E-state index is -4.08. The van der Waals surface area contributed by atoms with Gasteiger partial charge >= 0.3 is 13.8 Å². The van der Waals surface area contributed by atoms with Crippen molar-refractivity contribution in [2.75, 3.05) is 26.4 Å². The molecule has 0 aromatic carbocycles. The monoisotopic (exact) mass is 551 g/mol. The van der Waals surface area contributed by atoms with Gasteiger partial charge in [-0.05, 0) is 6.42 Å². The van der Waals surface area contributed by atoms with Crippen LogP contribution in [0, 0.1) is 0 Å². The minimum absolute atomic E-state index is 0.0631. The van der Waals surface area contributed by atoms with Crippen molar-refractivity contribution in [2.24, 2.45) is 5.73 Å². The third kappa shape index (κ3) is 35.5. The number of phosphoric acid groups is 1. The van der Waals surface area contributed by atoms with Crippen molar-refractivity contribution < 1.29 is 28.0 Å². The van der Waals surface area contributed by atoms with Crippen molar-refractivity contribution in [3.63, 3.8) is 0 Å². The highest BCUT2D eigenvalue weighted by molar-refractivity contribution is 7.47. The fraction of sp³-hybridized carbons (Fsp3) is 0.966. The lowest BCUT2D eigenvalue weighted by molar-refractivity contribution is -0.144. The summed E-state index contributed by atoms with van der Waals surface area (Å²) in [7, 11) is -4.08. The van der Waals surface area contributed by atoms with E-state index in [9.17, 15) is 14.3 Å². The highest BCUT2D eigenvalue weighted by atomic mass is 31.2. The highest BCUT2D eigenvalue weighted by Gasteiger charge is 2.20. The van der Waals surface area contributed by atoms with E-state index in [1.165, 1.54) is 109 Å². The molecule has 0 rings (SSSR count). The molecule has 8 heteroatoms. The molecule has 0 aromatic rings. The molecule has 0 spiro atoms. The molecule has 37 heavy (non-hydrogen) atoms. The molecule has 0 radical (unpaired) electrons. The maximum Gasteiger partial charge on any atom is 0.472 e. The Kier molecular flexibility index (Phi) is 33.2. The molecule has 1 atom stereocenters. The standard InChI is InChI=1S/C15H32NO6P.C14H30/c1-2-3-4-5-6-7-8-9-10-15(17)20-13-14-22-23(18,19)21-12-11-16;1-3-5-7-9-11-13-14-12-10-8-6-4-2/h2-14,16H2,1H3,(H,18,19);3-14H2,1-2H3. The number of carbonyl (C=O) groups is 1. The lowest BCUT2D eigenvalue weighted by Crippen LogP contribution is -2.12. The Morgan fingerprint density at radius 3 is 1.32 bits per heavy atom. The van der Waals surface area contributed by atoms with Crippen molar-refractivity contribution in [3.05, 3.63) is 0 Å². The van der Waals surface area contributed by atoms with Gasteiger partial charge in [0.25, 0.3) is 0 Å². The second-order valence-electron chi connectivity index (χ2n) is 9.90. The van der Waals surface area contributed by atoms with Gasteiger partial charge in [0, 0.05) is 13.0 Å². The van der Waals surface area contributed by atoms with E-state index in [-0.39, 0.29) is 32.3 Å². The van der Waals surface area contributed by atoms with Gasteiger partial charge in [-0.3, -0.25) is 13.8 Å². The molecule has 0 saturated carbocycles. The van der Waals surface area contributed by atoms with Crippen LogP contribution < -0.4 is 5.73 Å². The zero-order valence-corrected chi connectivity index (χ0v) is 25.6. The Balaban J connectivity index is 0. The van der Waals surface area contributed by atoms with Gasteiger partial charge in [0.15, 0.2) is 0 Å². The normalized spacial score (nSPS) is 12.6.